The van der Waals surface area contributed by atoms with E-state index in [2.05, 4.69) is 78.3 Å². The van der Waals surface area contributed by atoms with Crippen LogP contribution in [-0.4, -0.2) is 71.8 Å². The van der Waals surface area contributed by atoms with Gasteiger partial charge in [0.1, 0.15) is 11.8 Å². The second kappa shape index (κ2) is 8.55. The number of piperazine rings is 1. The lowest BCUT2D eigenvalue weighted by Gasteiger charge is -2.38. The second-order valence-corrected chi connectivity index (χ2v) is 9.08. The summed E-state index contributed by atoms with van der Waals surface area (Å²) in [4.78, 5) is 21.2. The Labute approximate surface area is 202 Å². The van der Waals surface area contributed by atoms with Crippen LogP contribution in [0.25, 0.3) is 27.8 Å². The van der Waals surface area contributed by atoms with Crippen molar-refractivity contribution in [3.63, 3.8) is 0 Å². The molecule has 1 saturated heterocycles. The van der Waals surface area contributed by atoms with Gasteiger partial charge in [-0.1, -0.05) is 0 Å². The Morgan fingerprint density at radius 3 is 2.57 bits per heavy atom. The van der Waals surface area contributed by atoms with Gasteiger partial charge in [0.05, 0.1) is 11.9 Å². The van der Waals surface area contributed by atoms with E-state index in [4.69, 9.17) is 0 Å². The number of hydrogen-bond donors (Lipinski definition) is 3. The third kappa shape index (κ3) is 3.91. The Morgan fingerprint density at radius 2 is 1.80 bits per heavy atom. The number of aromatic hydroxyl groups is 1. The molecule has 1 aliphatic heterocycles. The summed E-state index contributed by atoms with van der Waals surface area (Å²) in [6.07, 6.45) is 6.68. The molecule has 0 amide bonds. The maximum Gasteiger partial charge on any atom is 0.215 e. The standard InChI is InChI=1S/C25H27N9O/c1-16(2)32-7-9-33(10-8-32)20-5-3-19(4-6-20)31-23-24-29-15-30-34(24)21(14-27-23)17-11-18-13-28-25(35)22(18)26-12-17/h3-6,11-16,28,35H,7-10H2,1-2H3,(H,27,31). The molecular weight excluding hydrogens is 442 g/mol. The minimum Gasteiger partial charge on any atom is -0.493 e. The normalized spacial score (nSPS) is 14.9. The minimum absolute atomic E-state index is 0.0546. The number of anilines is 3. The molecule has 0 bridgehead atoms. The molecule has 5 heterocycles. The molecule has 10 heteroatoms. The van der Waals surface area contributed by atoms with Crippen LogP contribution in [0.5, 0.6) is 5.88 Å². The van der Waals surface area contributed by atoms with Gasteiger partial charge in [0.25, 0.3) is 0 Å². The highest BCUT2D eigenvalue weighted by molar-refractivity contribution is 5.87. The quantitative estimate of drug-likeness (QED) is 0.358. The molecule has 1 aromatic carbocycles. The summed E-state index contributed by atoms with van der Waals surface area (Å²) >= 11 is 0. The van der Waals surface area contributed by atoms with Crippen molar-refractivity contribution in [2.24, 2.45) is 0 Å². The summed E-state index contributed by atoms with van der Waals surface area (Å²) in [5.74, 6) is 0.678. The molecule has 0 unspecified atom stereocenters. The van der Waals surface area contributed by atoms with Crippen molar-refractivity contribution in [3.8, 4) is 17.1 Å². The van der Waals surface area contributed by atoms with Crippen LogP contribution in [0.3, 0.4) is 0 Å². The van der Waals surface area contributed by atoms with Gasteiger partial charge in [-0.3, -0.25) is 4.90 Å². The Kier molecular flexibility index (Phi) is 5.22. The maximum atomic E-state index is 9.84. The summed E-state index contributed by atoms with van der Waals surface area (Å²) in [5.41, 5.74) is 4.90. The molecule has 1 fully saturated rings. The average molecular weight is 470 g/mol. The molecule has 5 aromatic rings. The minimum atomic E-state index is 0.0546. The summed E-state index contributed by atoms with van der Waals surface area (Å²) in [6, 6.07) is 11.0. The van der Waals surface area contributed by atoms with Crippen molar-refractivity contribution in [3.05, 3.63) is 55.2 Å². The molecular formula is C25H27N9O. The molecule has 0 spiro atoms. The van der Waals surface area contributed by atoms with Crippen LogP contribution < -0.4 is 10.2 Å². The van der Waals surface area contributed by atoms with E-state index < -0.39 is 0 Å². The van der Waals surface area contributed by atoms with Gasteiger partial charge in [-0.25, -0.2) is 19.5 Å². The third-order valence-electron chi connectivity index (χ3n) is 6.65. The summed E-state index contributed by atoms with van der Waals surface area (Å²) < 4.78 is 1.74. The molecule has 0 saturated carbocycles. The fourth-order valence-corrected chi connectivity index (χ4v) is 4.64. The van der Waals surface area contributed by atoms with Crippen LogP contribution in [-0.2, 0) is 0 Å². The monoisotopic (exact) mass is 469 g/mol. The summed E-state index contributed by atoms with van der Waals surface area (Å²) in [7, 11) is 0. The lowest BCUT2D eigenvalue weighted by molar-refractivity contribution is 0.209. The van der Waals surface area contributed by atoms with Crippen molar-refractivity contribution in [2.45, 2.75) is 19.9 Å². The lowest BCUT2D eigenvalue weighted by Crippen LogP contribution is -2.48. The van der Waals surface area contributed by atoms with Gasteiger partial charge in [0, 0.05) is 66.9 Å². The van der Waals surface area contributed by atoms with Gasteiger partial charge < -0.3 is 20.3 Å². The highest BCUT2D eigenvalue weighted by Crippen LogP contribution is 2.29. The van der Waals surface area contributed by atoms with Crippen molar-refractivity contribution in [1.82, 2.24) is 34.4 Å². The molecule has 10 nitrogen and oxygen atoms in total. The average Bonchev–Trinajstić information content (AvgIpc) is 3.52. The van der Waals surface area contributed by atoms with Crippen LogP contribution >= 0.6 is 0 Å². The number of fused-ring (bicyclic) bond motifs is 2. The summed E-state index contributed by atoms with van der Waals surface area (Å²) in [5, 5.41) is 18.4. The van der Waals surface area contributed by atoms with E-state index in [0.717, 1.165) is 48.5 Å². The van der Waals surface area contributed by atoms with Crippen LogP contribution in [0.2, 0.25) is 0 Å². The van der Waals surface area contributed by atoms with Gasteiger partial charge in [-0.05, 0) is 44.2 Å². The van der Waals surface area contributed by atoms with Gasteiger partial charge in [-0.15, -0.1) is 0 Å². The first-order chi connectivity index (χ1) is 17.1. The first-order valence-electron chi connectivity index (χ1n) is 11.8. The zero-order valence-corrected chi connectivity index (χ0v) is 19.7. The largest absolute Gasteiger partial charge is 0.493 e. The van der Waals surface area contributed by atoms with E-state index in [0.29, 0.717) is 23.0 Å². The fraction of sp³-hybridized carbons (Fsp3) is 0.280. The molecule has 0 atom stereocenters. The van der Waals surface area contributed by atoms with Crippen molar-refractivity contribution in [1.29, 1.82) is 0 Å². The van der Waals surface area contributed by atoms with Gasteiger partial charge in [-0.2, -0.15) is 5.10 Å². The molecule has 0 radical (unpaired) electrons. The molecule has 0 aliphatic carbocycles. The SMILES string of the molecule is CC(C)N1CCN(c2ccc(Nc3ncc(-c4cnc5c(O)[nH]cc5c4)n4ncnc34)cc2)CC1. The molecule has 1 aliphatic rings. The van der Waals surface area contributed by atoms with Crippen molar-refractivity contribution < 1.29 is 5.11 Å². The van der Waals surface area contributed by atoms with Crippen LogP contribution in [0.1, 0.15) is 13.8 Å². The summed E-state index contributed by atoms with van der Waals surface area (Å²) in [6.45, 7) is 8.77. The van der Waals surface area contributed by atoms with E-state index in [1.807, 2.05) is 6.07 Å². The molecule has 4 aromatic heterocycles. The third-order valence-corrected chi connectivity index (χ3v) is 6.65. The van der Waals surface area contributed by atoms with Crippen LogP contribution in [0.15, 0.2) is 55.2 Å². The van der Waals surface area contributed by atoms with E-state index in [1.165, 1.54) is 12.0 Å². The Balaban J connectivity index is 1.23. The number of aromatic nitrogens is 6. The van der Waals surface area contributed by atoms with Gasteiger partial charge in [0.2, 0.25) is 5.88 Å². The van der Waals surface area contributed by atoms with Gasteiger partial charge in [0.15, 0.2) is 11.5 Å². The Hall–Kier alpha value is -4.18. The van der Waals surface area contributed by atoms with E-state index in [9.17, 15) is 5.11 Å². The number of nitrogens with zero attached hydrogens (tertiary/aromatic N) is 7. The topological polar surface area (TPSA) is 110 Å². The first-order valence-corrected chi connectivity index (χ1v) is 11.8. The number of rotatable bonds is 5. The predicted octanol–water partition coefficient (Wildman–Crippen LogP) is 3.65. The number of H-pyrrole nitrogens is 1. The predicted molar refractivity (Wildman–Crippen MR) is 136 cm³/mol. The second-order valence-electron chi connectivity index (χ2n) is 9.08. The number of hydrogen-bond acceptors (Lipinski definition) is 8. The fourth-order valence-electron chi connectivity index (χ4n) is 4.64. The number of nitrogens with one attached hydrogen (secondary N) is 2. The number of aromatic amines is 1. The molecule has 178 valence electrons. The lowest BCUT2D eigenvalue weighted by atomic mass is 10.2. The number of benzene rings is 1. The zero-order valence-electron chi connectivity index (χ0n) is 19.7. The molecule has 3 N–H and O–H groups in total. The Morgan fingerprint density at radius 1 is 1.00 bits per heavy atom. The smallest absolute Gasteiger partial charge is 0.215 e. The highest BCUT2D eigenvalue weighted by atomic mass is 16.3. The zero-order chi connectivity index (χ0) is 23.9. The highest BCUT2D eigenvalue weighted by Gasteiger charge is 2.19. The van der Waals surface area contributed by atoms with E-state index >= 15 is 0 Å². The van der Waals surface area contributed by atoms with Crippen molar-refractivity contribution >= 4 is 33.7 Å². The molecule has 6 rings (SSSR count). The first kappa shape index (κ1) is 21.4. The van der Waals surface area contributed by atoms with E-state index in [-0.39, 0.29) is 5.88 Å². The van der Waals surface area contributed by atoms with Gasteiger partial charge >= 0.3 is 0 Å². The van der Waals surface area contributed by atoms with Crippen LogP contribution in [0.4, 0.5) is 17.2 Å². The Bertz CT molecular complexity index is 1480. The molecule has 35 heavy (non-hydrogen) atoms. The van der Waals surface area contributed by atoms with E-state index in [1.54, 1.807) is 23.1 Å². The van der Waals surface area contributed by atoms with Crippen molar-refractivity contribution in [2.75, 3.05) is 36.4 Å². The number of pyridine rings is 1. The maximum absolute atomic E-state index is 9.84. The van der Waals surface area contributed by atoms with Crippen LogP contribution in [0, 0.1) is 0 Å².